The van der Waals surface area contributed by atoms with Crippen LogP contribution in [-0.4, -0.2) is 22.5 Å². The third-order valence-electron chi connectivity index (χ3n) is 3.64. The van der Waals surface area contributed by atoms with E-state index in [1.54, 1.807) is 18.3 Å². The Hall–Kier alpha value is -1.36. The third-order valence-corrected chi connectivity index (χ3v) is 4.58. The smallest absolute Gasteiger partial charge is 0.329 e. The first kappa shape index (κ1) is 14.1. The fraction of sp³-hybridized carbons (Fsp3) is 0.571. The topological polar surface area (TPSA) is 66.4 Å². The molecule has 4 nitrogen and oxygen atoms in total. The first-order valence-electron chi connectivity index (χ1n) is 6.59. The van der Waals surface area contributed by atoms with E-state index in [-0.39, 0.29) is 11.8 Å². The molecule has 2 rings (SSSR count). The maximum absolute atomic E-state index is 11.9. The molecule has 1 aliphatic carbocycles. The van der Waals surface area contributed by atoms with Crippen LogP contribution in [0.1, 0.15) is 37.5 Å². The predicted molar refractivity (Wildman–Crippen MR) is 74.2 cm³/mol. The first-order chi connectivity index (χ1) is 9.02. The summed E-state index contributed by atoms with van der Waals surface area (Å²) in [6, 6.07) is 4.04. The Balaban J connectivity index is 1.78. The number of carbonyl (C=O) groups excluding carboxylic acids is 1. The van der Waals surface area contributed by atoms with Gasteiger partial charge < -0.3 is 10.4 Å². The van der Waals surface area contributed by atoms with Crippen LogP contribution in [0.2, 0.25) is 0 Å². The number of hydrogen-bond donors (Lipinski definition) is 2. The SMILES string of the molecule is CC(NC(=O)CCCc1cccs1)(C(=O)O)C1CC1. The second-order valence-electron chi connectivity index (χ2n) is 5.26. The molecule has 0 spiro atoms. The van der Waals surface area contributed by atoms with Gasteiger partial charge in [0.25, 0.3) is 0 Å². The minimum atomic E-state index is -1.08. The number of carbonyl (C=O) groups is 2. The minimum absolute atomic E-state index is 0.0891. The monoisotopic (exact) mass is 281 g/mol. The van der Waals surface area contributed by atoms with Gasteiger partial charge >= 0.3 is 5.97 Å². The van der Waals surface area contributed by atoms with Gasteiger partial charge in [-0.3, -0.25) is 4.79 Å². The highest BCUT2D eigenvalue weighted by atomic mass is 32.1. The Morgan fingerprint density at radius 1 is 1.53 bits per heavy atom. The molecule has 5 heteroatoms. The molecule has 1 unspecified atom stereocenters. The lowest BCUT2D eigenvalue weighted by atomic mass is 9.95. The van der Waals surface area contributed by atoms with Crippen molar-refractivity contribution in [2.45, 2.75) is 44.6 Å². The van der Waals surface area contributed by atoms with E-state index in [1.807, 2.05) is 17.5 Å². The molecule has 1 atom stereocenters. The summed E-state index contributed by atoms with van der Waals surface area (Å²) in [6.45, 7) is 1.62. The summed E-state index contributed by atoms with van der Waals surface area (Å²) in [7, 11) is 0. The lowest BCUT2D eigenvalue weighted by Crippen LogP contribution is -2.53. The fourth-order valence-corrected chi connectivity index (χ4v) is 2.97. The molecule has 1 aromatic rings. The Morgan fingerprint density at radius 3 is 2.79 bits per heavy atom. The van der Waals surface area contributed by atoms with Gasteiger partial charge in [-0.15, -0.1) is 11.3 Å². The number of carboxylic acids is 1. The van der Waals surface area contributed by atoms with Crippen LogP contribution in [0.5, 0.6) is 0 Å². The van der Waals surface area contributed by atoms with Crippen LogP contribution in [0.25, 0.3) is 0 Å². The number of aliphatic carboxylic acids is 1. The van der Waals surface area contributed by atoms with Crippen molar-refractivity contribution in [3.8, 4) is 0 Å². The second-order valence-corrected chi connectivity index (χ2v) is 6.30. The largest absolute Gasteiger partial charge is 0.480 e. The molecule has 0 saturated heterocycles. The molecular formula is C14H19NO3S. The molecule has 0 radical (unpaired) electrons. The van der Waals surface area contributed by atoms with Gasteiger partial charge in [-0.2, -0.15) is 0 Å². The Bertz CT molecular complexity index is 453. The molecule has 1 heterocycles. The second kappa shape index (κ2) is 5.74. The highest BCUT2D eigenvalue weighted by molar-refractivity contribution is 7.09. The highest BCUT2D eigenvalue weighted by Gasteiger charge is 2.48. The molecule has 19 heavy (non-hydrogen) atoms. The molecule has 1 aliphatic rings. The van der Waals surface area contributed by atoms with Crippen LogP contribution in [0.4, 0.5) is 0 Å². The van der Waals surface area contributed by atoms with Gasteiger partial charge in [-0.1, -0.05) is 6.07 Å². The summed E-state index contributed by atoms with van der Waals surface area (Å²) in [5.41, 5.74) is -1.08. The van der Waals surface area contributed by atoms with Crippen molar-refractivity contribution in [2.24, 2.45) is 5.92 Å². The number of rotatable bonds is 7. The maximum atomic E-state index is 11.9. The molecule has 1 saturated carbocycles. The van der Waals surface area contributed by atoms with Crippen LogP contribution in [0.3, 0.4) is 0 Å². The van der Waals surface area contributed by atoms with E-state index >= 15 is 0 Å². The number of hydrogen-bond acceptors (Lipinski definition) is 3. The van der Waals surface area contributed by atoms with Crippen molar-refractivity contribution in [3.05, 3.63) is 22.4 Å². The predicted octanol–water partition coefficient (Wildman–Crippen LogP) is 2.44. The van der Waals surface area contributed by atoms with E-state index in [0.29, 0.717) is 6.42 Å². The first-order valence-corrected chi connectivity index (χ1v) is 7.47. The van der Waals surface area contributed by atoms with Crippen LogP contribution in [-0.2, 0) is 16.0 Å². The zero-order chi connectivity index (χ0) is 13.9. The molecule has 0 bridgehead atoms. The van der Waals surface area contributed by atoms with Gasteiger partial charge in [0.2, 0.25) is 5.91 Å². The van der Waals surface area contributed by atoms with Crippen LogP contribution in [0, 0.1) is 5.92 Å². The Labute approximate surface area is 116 Å². The van der Waals surface area contributed by atoms with E-state index < -0.39 is 11.5 Å². The highest BCUT2D eigenvalue weighted by Crippen LogP contribution is 2.39. The van der Waals surface area contributed by atoms with Crippen LogP contribution in [0.15, 0.2) is 17.5 Å². The van der Waals surface area contributed by atoms with E-state index in [9.17, 15) is 14.7 Å². The van der Waals surface area contributed by atoms with Gasteiger partial charge in [0.1, 0.15) is 5.54 Å². The van der Waals surface area contributed by atoms with Crippen LogP contribution >= 0.6 is 11.3 Å². The Morgan fingerprint density at radius 2 is 2.26 bits per heavy atom. The molecule has 1 amide bonds. The quantitative estimate of drug-likeness (QED) is 0.806. The van der Waals surface area contributed by atoms with Gasteiger partial charge in [0, 0.05) is 11.3 Å². The summed E-state index contributed by atoms with van der Waals surface area (Å²) >= 11 is 1.68. The molecule has 0 aromatic carbocycles. The lowest BCUT2D eigenvalue weighted by molar-refractivity contribution is -0.147. The van der Waals surface area contributed by atoms with Crippen molar-refractivity contribution in [1.29, 1.82) is 0 Å². The molecule has 0 aliphatic heterocycles. The lowest BCUT2D eigenvalue weighted by Gasteiger charge is -2.26. The number of aryl methyl sites for hydroxylation is 1. The normalized spacial score (nSPS) is 17.7. The van der Waals surface area contributed by atoms with E-state index in [4.69, 9.17) is 0 Å². The van der Waals surface area contributed by atoms with Crippen molar-refractivity contribution in [2.75, 3.05) is 0 Å². The van der Waals surface area contributed by atoms with E-state index in [0.717, 1.165) is 25.7 Å². The number of nitrogens with one attached hydrogen (secondary N) is 1. The minimum Gasteiger partial charge on any atom is -0.480 e. The van der Waals surface area contributed by atoms with E-state index in [2.05, 4.69) is 5.32 Å². The fourth-order valence-electron chi connectivity index (χ4n) is 2.22. The number of thiophene rings is 1. The van der Waals surface area contributed by atoms with Gasteiger partial charge in [-0.05, 0) is 50.0 Å². The van der Waals surface area contributed by atoms with Gasteiger partial charge in [-0.25, -0.2) is 4.79 Å². The summed E-state index contributed by atoms with van der Waals surface area (Å²) in [5, 5.41) is 14.0. The zero-order valence-corrected chi connectivity index (χ0v) is 11.8. The van der Waals surface area contributed by atoms with Crippen LogP contribution < -0.4 is 5.32 Å². The van der Waals surface area contributed by atoms with Crippen molar-refractivity contribution >= 4 is 23.2 Å². The molecular weight excluding hydrogens is 262 g/mol. The summed E-state index contributed by atoms with van der Waals surface area (Å²) in [4.78, 5) is 24.4. The van der Waals surface area contributed by atoms with Crippen molar-refractivity contribution in [1.82, 2.24) is 5.32 Å². The van der Waals surface area contributed by atoms with Gasteiger partial charge in [0.05, 0.1) is 0 Å². The zero-order valence-electron chi connectivity index (χ0n) is 11.0. The summed E-state index contributed by atoms with van der Waals surface area (Å²) in [5.74, 6) is -0.999. The number of carboxylic acid groups (broad SMARTS) is 1. The van der Waals surface area contributed by atoms with Crippen molar-refractivity contribution < 1.29 is 14.7 Å². The standard InChI is InChI=1S/C14H19NO3S/c1-14(13(17)18,10-7-8-10)15-12(16)6-2-4-11-5-3-9-19-11/h3,5,9-10H,2,4,6-8H2,1H3,(H,15,16)(H,17,18). The third kappa shape index (κ3) is 3.56. The summed E-state index contributed by atoms with van der Waals surface area (Å²) in [6.07, 6.45) is 3.79. The molecule has 2 N–H and O–H groups in total. The van der Waals surface area contributed by atoms with Crippen molar-refractivity contribution in [3.63, 3.8) is 0 Å². The van der Waals surface area contributed by atoms with Gasteiger partial charge in [0.15, 0.2) is 0 Å². The molecule has 1 fully saturated rings. The Kier molecular flexibility index (Phi) is 4.24. The average molecular weight is 281 g/mol. The number of amides is 1. The molecule has 1 aromatic heterocycles. The molecule has 104 valence electrons. The van der Waals surface area contributed by atoms with E-state index in [1.165, 1.54) is 4.88 Å². The maximum Gasteiger partial charge on any atom is 0.329 e. The summed E-state index contributed by atoms with van der Waals surface area (Å²) < 4.78 is 0. The average Bonchev–Trinajstić information content (AvgIpc) is 3.08.